The highest BCUT2D eigenvalue weighted by Gasteiger charge is 2.04. The van der Waals surface area contributed by atoms with Crippen LogP contribution >= 0.6 is 35.3 Å². The standard InChI is InChI=1S/C20H26N6S.HI/c1-4-21-20(22-12-10-19-25-15(2)16(3)27-19)23-14-17-6-8-18(9-7-17)26-13-5-11-24-26;/h5-9,11,13H,4,10,12,14H2,1-3H3,(H2,21,22,23);1H. The molecule has 0 radical (unpaired) electrons. The Kier molecular flexibility index (Phi) is 8.91. The lowest BCUT2D eigenvalue weighted by molar-refractivity contribution is 0.795. The van der Waals surface area contributed by atoms with Crippen LogP contribution in [0.25, 0.3) is 5.69 Å². The van der Waals surface area contributed by atoms with E-state index in [2.05, 4.69) is 70.7 Å². The maximum Gasteiger partial charge on any atom is 0.191 e. The Hall–Kier alpha value is -1.94. The van der Waals surface area contributed by atoms with Crippen LogP contribution < -0.4 is 10.6 Å². The zero-order valence-electron chi connectivity index (χ0n) is 16.5. The van der Waals surface area contributed by atoms with Crippen molar-refractivity contribution in [3.8, 4) is 5.69 Å². The van der Waals surface area contributed by atoms with Crippen molar-refractivity contribution in [3.05, 3.63) is 63.9 Å². The third-order valence-electron chi connectivity index (χ3n) is 4.17. The minimum Gasteiger partial charge on any atom is -0.357 e. The van der Waals surface area contributed by atoms with E-state index in [1.165, 1.54) is 9.88 Å². The van der Waals surface area contributed by atoms with Crippen LogP contribution in [0, 0.1) is 13.8 Å². The molecule has 1 aromatic carbocycles. The molecular weight excluding hydrogens is 483 g/mol. The molecule has 2 heterocycles. The molecule has 0 aliphatic heterocycles. The molecule has 0 unspecified atom stereocenters. The van der Waals surface area contributed by atoms with Gasteiger partial charge in [-0.2, -0.15) is 5.10 Å². The fourth-order valence-electron chi connectivity index (χ4n) is 2.62. The van der Waals surface area contributed by atoms with E-state index >= 15 is 0 Å². The topological polar surface area (TPSA) is 67.1 Å². The van der Waals surface area contributed by atoms with Crippen molar-refractivity contribution in [2.45, 2.75) is 33.7 Å². The summed E-state index contributed by atoms with van der Waals surface area (Å²) in [5, 5.41) is 12.1. The molecule has 8 heteroatoms. The first kappa shape index (κ1) is 22.4. The summed E-state index contributed by atoms with van der Waals surface area (Å²) in [7, 11) is 0. The van der Waals surface area contributed by atoms with Crippen molar-refractivity contribution in [1.82, 2.24) is 25.4 Å². The van der Waals surface area contributed by atoms with Gasteiger partial charge in [0, 0.05) is 36.8 Å². The van der Waals surface area contributed by atoms with Gasteiger partial charge in [0.25, 0.3) is 0 Å². The van der Waals surface area contributed by atoms with Gasteiger partial charge in [0.2, 0.25) is 0 Å². The second-order valence-electron chi connectivity index (χ2n) is 6.24. The van der Waals surface area contributed by atoms with E-state index in [0.717, 1.165) is 42.4 Å². The van der Waals surface area contributed by atoms with Gasteiger partial charge in [-0.3, -0.25) is 0 Å². The summed E-state index contributed by atoms with van der Waals surface area (Å²) in [5.41, 5.74) is 3.34. The molecule has 28 heavy (non-hydrogen) atoms. The zero-order chi connectivity index (χ0) is 19.1. The van der Waals surface area contributed by atoms with Crippen LogP contribution in [-0.4, -0.2) is 33.8 Å². The third-order valence-corrected chi connectivity index (χ3v) is 5.31. The SMILES string of the molecule is CCNC(=NCc1ccc(-n2cccn2)cc1)NCCc1nc(C)c(C)s1.I. The molecule has 0 spiro atoms. The highest BCUT2D eigenvalue weighted by Crippen LogP contribution is 2.16. The van der Waals surface area contributed by atoms with Crippen LogP contribution in [0.5, 0.6) is 0 Å². The molecule has 0 saturated heterocycles. The fourth-order valence-corrected chi connectivity index (χ4v) is 3.56. The number of guanidine groups is 1. The van der Waals surface area contributed by atoms with Crippen LogP contribution in [0.1, 0.15) is 28.1 Å². The minimum absolute atomic E-state index is 0. The summed E-state index contributed by atoms with van der Waals surface area (Å²) < 4.78 is 1.85. The molecule has 0 saturated carbocycles. The number of aromatic nitrogens is 3. The number of nitrogens with zero attached hydrogens (tertiary/aromatic N) is 4. The van der Waals surface area contributed by atoms with Crippen molar-refractivity contribution in [3.63, 3.8) is 0 Å². The highest BCUT2D eigenvalue weighted by atomic mass is 127. The number of aryl methyl sites for hydroxylation is 2. The predicted molar refractivity (Wildman–Crippen MR) is 127 cm³/mol. The number of hydrogen-bond acceptors (Lipinski definition) is 4. The van der Waals surface area contributed by atoms with Crippen LogP contribution in [0.3, 0.4) is 0 Å². The van der Waals surface area contributed by atoms with Gasteiger partial charge in [0.1, 0.15) is 0 Å². The number of halogens is 1. The molecule has 0 bridgehead atoms. The Morgan fingerprint density at radius 2 is 1.96 bits per heavy atom. The maximum absolute atomic E-state index is 4.69. The second kappa shape index (κ2) is 11.2. The van der Waals surface area contributed by atoms with Gasteiger partial charge >= 0.3 is 0 Å². The molecule has 0 atom stereocenters. The maximum atomic E-state index is 4.69. The Morgan fingerprint density at radius 1 is 1.18 bits per heavy atom. The van der Waals surface area contributed by atoms with Crippen molar-refractivity contribution >= 4 is 41.3 Å². The number of benzene rings is 1. The average molecular weight is 510 g/mol. The van der Waals surface area contributed by atoms with E-state index in [1.54, 1.807) is 17.5 Å². The van der Waals surface area contributed by atoms with Gasteiger partial charge in [-0.05, 0) is 44.5 Å². The average Bonchev–Trinajstić information content (AvgIpc) is 3.31. The molecule has 3 rings (SSSR count). The summed E-state index contributed by atoms with van der Waals surface area (Å²) in [6.45, 7) is 8.53. The molecule has 0 fully saturated rings. The smallest absolute Gasteiger partial charge is 0.191 e. The van der Waals surface area contributed by atoms with E-state index in [0.29, 0.717) is 6.54 Å². The fraction of sp³-hybridized carbons (Fsp3) is 0.350. The lowest BCUT2D eigenvalue weighted by Gasteiger charge is -2.11. The molecule has 6 nitrogen and oxygen atoms in total. The van der Waals surface area contributed by atoms with Crippen LogP contribution in [0.15, 0.2) is 47.7 Å². The number of rotatable bonds is 7. The third kappa shape index (κ3) is 6.30. The van der Waals surface area contributed by atoms with E-state index in [4.69, 9.17) is 0 Å². The molecule has 2 N–H and O–H groups in total. The van der Waals surface area contributed by atoms with Gasteiger partial charge in [-0.1, -0.05) is 12.1 Å². The van der Waals surface area contributed by atoms with E-state index in [1.807, 2.05) is 16.9 Å². The number of hydrogen-bond donors (Lipinski definition) is 2. The Bertz CT molecular complexity index is 851. The lowest BCUT2D eigenvalue weighted by atomic mass is 10.2. The van der Waals surface area contributed by atoms with Crippen LogP contribution in [0.2, 0.25) is 0 Å². The normalized spacial score (nSPS) is 11.2. The number of aliphatic imine (C=N–C) groups is 1. The van der Waals surface area contributed by atoms with Crippen molar-refractivity contribution in [1.29, 1.82) is 0 Å². The van der Waals surface area contributed by atoms with Crippen molar-refractivity contribution in [2.75, 3.05) is 13.1 Å². The van der Waals surface area contributed by atoms with E-state index in [-0.39, 0.29) is 24.0 Å². The predicted octanol–water partition coefficient (Wildman–Crippen LogP) is 3.86. The molecule has 0 amide bonds. The zero-order valence-corrected chi connectivity index (χ0v) is 19.6. The van der Waals surface area contributed by atoms with Crippen molar-refractivity contribution in [2.24, 2.45) is 4.99 Å². The van der Waals surface area contributed by atoms with Crippen molar-refractivity contribution < 1.29 is 0 Å². The molecule has 0 aliphatic rings. The summed E-state index contributed by atoms with van der Waals surface area (Å²) >= 11 is 1.77. The summed E-state index contributed by atoms with van der Waals surface area (Å²) in [6.07, 6.45) is 4.62. The number of thiazole rings is 1. The Balaban J connectivity index is 0.00000280. The first-order chi connectivity index (χ1) is 13.2. The second-order valence-corrected chi connectivity index (χ2v) is 7.53. The first-order valence-electron chi connectivity index (χ1n) is 9.19. The lowest BCUT2D eigenvalue weighted by Crippen LogP contribution is -2.38. The monoisotopic (exact) mass is 510 g/mol. The largest absolute Gasteiger partial charge is 0.357 e. The quantitative estimate of drug-likeness (QED) is 0.288. The first-order valence-corrected chi connectivity index (χ1v) is 10.0. The van der Waals surface area contributed by atoms with Gasteiger partial charge in [-0.25, -0.2) is 14.7 Å². The molecule has 150 valence electrons. The highest BCUT2D eigenvalue weighted by molar-refractivity contribution is 14.0. The number of nitrogens with one attached hydrogen (secondary N) is 2. The summed E-state index contributed by atoms with van der Waals surface area (Å²) in [5.74, 6) is 0.832. The minimum atomic E-state index is 0. The van der Waals surface area contributed by atoms with Gasteiger partial charge < -0.3 is 10.6 Å². The summed E-state index contributed by atoms with van der Waals surface area (Å²) in [4.78, 5) is 10.6. The molecule has 0 aliphatic carbocycles. The Labute approximate surface area is 187 Å². The van der Waals surface area contributed by atoms with Gasteiger partial charge in [0.15, 0.2) is 5.96 Å². The van der Waals surface area contributed by atoms with E-state index in [9.17, 15) is 0 Å². The van der Waals surface area contributed by atoms with E-state index < -0.39 is 0 Å². The van der Waals surface area contributed by atoms with Gasteiger partial charge in [0.05, 0.1) is 22.9 Å². The van der Waals surface area contributed by atoms with Gasteiger partial charge in [-0.15, -0.1) is 35.3 Å². The molecular formula is C20H27IN6S. The van der Waals surface area contributed by atoms with Crippen LogP contribution in [-0.2, 0) is 13.0 Å². The Morgan fingerprint density at radius 3 is 2.57 bits per heavy atom. The summed E-state index contributed by atoms with van der Waals surface area (Å²) in [6, 6.07) is 10.2. The van der Waals surface area contributed by atoms with Crippen LogP contribution in [0.4, 0.5) is 0 Å². The molecule has 3 aromatic rings. The molecule has 2 aromatic heterocycles.